The summed E-state index contributed by atoms with van der Waals surface area (Å²) in [7, 11) is 4.35. The Morgan fingerprint density at radius 2 is 1.75 bits per heavy atom. The molecule has 1 aliphatic heterocycles. The van der Waals surface area contributed by atoms with Gasteiger partial charge in [-0.2, -0.15) is 0 Å². The Labute approximate surface area is 190 Å². The Morgan fingerprint density at radius 3 is 2.44 bits per heavy atom. The Kier molecular flexibility index (Phi) is 7.11. The molecule has 1 amide bonds. The molecule has 4 atom stereocenters. The van der Waals surface area contributed by atoms with E-state index >= 15 is 0 Å². The van der Waals surface area contributed by atoms with E-state index in [-0.39, 0.29) is 12.4 Å². The molecule has 3 aliphatic rings. The molecule has 2 aliphatic carbocycles. The molecule has 5 rings (SSSR count). The van der Waals surface area contributed by atoms with Gasteiger partial charge in [-0.15, -0.1) is 0 Å². The Bertz CT molecular complexity index is 937. The van der Waals surface area contributed by atoms with E-state index in [9.17, 15) is 4.79 Å². The SMILES string of the molecule is CN(C)[C@@H]1C[C@@H]2CN(C(=O)c3cccc4ccccc34)C[C@@H]2C[C@H]1OCC1CC1.O=CO. The van der Waals surface area contributed by atoms with Gasteiger partial charge >= 0.3 is 0 Å². The highest BCUT2D eigenvalue weighted by Gasteiger charge is 2.45. The van der Waals surface area contributed by atoms with Crippen molar-refractivity contribution in [2.75, 3.05) is 33.8 Å². The Morgan fingerprint density at radius 1 is 1.09 bits per heavy atom. The number of benzene rings is 2. The summed E-state index contributed by atoms with van der Waals surface area (Å²) in [4.78, 5) is 26.2. The molecule has 3 fully saturated rings. The second-order valence-corrected chi connectivity index (χ2v) is 9.68. The summed E-state index contributed by atoms with van der Waals surface area (Å²) in [6.07, 6.45) is 5.18. The van der Waals surface area contributed by atoms with Crippen molar-refractivity contribution in [3.8, 4) is 0 Å². The van der Waals surface area contributed by atoms with Crippen molar-refractivity contribution in [3.63, 3.8) is 0 Å². The highest BCUT2D eigenvalue weighted by atomic mass is 16.5. The summed E-state index contributed by atoms with van der Waals surface area (Å²) < 4.78 is 6.38. The highest BCUT2D eigenvalue weighted by Crippen LogP contribution is 2.40. The van der Waals surface area contributed by atoms with Gasteiger partial charge < -0.3 is 19.6 Å². The fraction of sp³-hybridized carbons (Fsp3) is 0.538. The summed E-state index contributed by atoms with van der Waals surface area (Å²) >= 11 is 0. The molecule has 0 unspecified atom stereocenters. The topological polar surface area (TPSA) is 70.1 Å². The number of likely N-dealkylation sites (N-methyl/N-ethyl adjacent to an activating group) is 1. The predicted molar refractivity (Wildman–Crippen MR) is 125 cm³/mol. The van der Waals surface area contributed by atoms with E-state index in [1.165, 1.54) is 12.8 Å². The first-order chi connectivity index (χ1) is 15.5. The van der Waals surface area contributed by atoms with Gasteiger partial charge in [0.2, 0.25) is 0 Å². The summed E-state index contributed by atoms with van der Waals surface area (Å²) in [5, 5.41) is 9.09. The molecule has 0 spiro atoms. The molecule has 6 nitrogen and oxygen atoms in total. The van der Waals surface area contributed by atoms with E-state index in [1.54, 1.807) is 0 Å². The molecule has 2 saturated carbocycles. The average Bonchev–Trinajstić information content (AvgIpc) is 3.53. The number of hydrogen-bond acceptors (Lipinski definition) is 4. The van der Waals surface area contributed by atoms with Crippen LogP contribution in [0.1, 0.15) is 36.0 Å². The number of amides is 1. The Balaban J connectivity index is 0.000000775. The van der Waals surface area contributed by atoms with Crippen molar-refractivity contribution in [2.24, 2.45) is 17.8 Å². The zero-order chi connectivity index (χ0) is 22.7. The van der Waals surface area contributed by atoms with E-state index in [2.05, 4.69) is 42.1 Å². The molecule has 0 bridgehead atoms. The van der Waals surface area contributed by atoms with Gasteiger partial charge in [-0.05, 0) is 74.4 Å². The van der Waals surface area contributed by atoms with Gasteiger partial charge in [0.1, 0.15) is 0 Å². The largest absolute Gasteiger partial charge is 0.483 e. The molecular formula is C26H34N2O4. The fourth-order valence-electron chi connectivity index (χ4n) is 5.40. The van der Waals surface area contributed by atoms with Crippen LogP contribution in [0.4, 0.5) is 0 Å². The maximum Gasteiger partial charge on any atom is 0.290 e. The third-order valence-electron chi connectivity index (χ3n) is 7.30. The maximum absolute atomic E-state index is 13.4. The quantitative estimate of drug-likeness (QED) is 0.720. The normalized spacial score (nSPS) is 27.0. The van der Waals surface area contributed by atoms with Crippen LogP contribution in [-0.2, 0) is 9.53 Å². The molecule has 172 valence electrons. The first-order valence-corrected chi connectivity index (χ1v) is 11.6. The fourth-order valence-corrected chi connectivity index (χ4v) is 5.40. The van der Waals surface area contributed by atoms with Crippen molar-refractivity contribution in [1.29, 1.82) is 0 Å². The zero-order valence-corrected chi connectivity index (χ0v) is 19.0. The number of ether oxygens (including phenoxy) is 1. The van der Waals surface area contributed by atoms with Crippen molar-refractivity contribution in [1.82, 2.24) is 9.80 Å². The molecule has 6 heteroatoms. The molecular weight excluding hydrogens is 404 g/mol. The van der Waals surface area contributed by atoms with Crippen LogP contribution in [0.5, 0.6) is 0 Å². The molecule has 2 aromatic carbocycles. The van der Waals surface area contributed by atoms with Crippen molar-refractivity contribution < 1.29 is 19.4 Å². The van der Waals surface area contributed by atoms with Crippen molar-refractivity contribution in [2.45, 2.75) is 37.8 Å². The van der Waals surface area contributed by atoms with E-state index in [0.717, 1.165) is 54.8 Å². The summed E-state index contributed by atoms with van der Waals surface area (Å²) in [6.45, 7) is 2.42. The van der Waals surface area contributed by atoms with Gasteiger partial charge in [0.25, 0.3) is 12.4 Å². The minimum absolute atomic E-state index is 0.188. The number of fused-ring (bicyclic) bond motifs is 2. The third kappa shape index (κ3) is 4.97. The number of likely N-dealkylation sites (tertiary alicyclic amines) is 1. The van der Waals surface area contributed by atoms with Gasteiger partial charge in [-0.3, -0.25) is 9.59 Å². The first kappa shape index (κ1) is 22.7. The van der Waals surface area contributed by atoms with Gasteiger partial charge in [-0.25, -0.2) is 0 Å². The molecule has 32 heavy (non-hydrogen) atoms. The Hall–Kier alpha value is -2.44. The van der Waals surface area contributed by atoms with Crippen LogP contribution in [0.15, 0.2) is 42.5 Å². The molecule has 0 radical (unpaired) electrons. The van der Waals surface area contributed by atoms with E-state index < -0.39 is 0 Å². The van der Waals surface area contributed by atoms with E-state index in [4.69, 9.17) is 14.6 Å². The monoisotopic (exact) mass is 438 g/mol. The molecule has 2 aromatic rings. The number of carboxylic acid groups (broad SMARTS) is 1. The van der Waals surface area contributed by atoms with Crippen molar-refractivity contribution in [3.05, 3.63) is 48.0 Å². The van der Waals surface area contributed by atoms with Crippen LogP contribution in [0.2, 0.25) is 0 Å². The number of carbonyl (C=O) groups excluding carboxylic acids is 1. The third-order valence-corrected chi connectivity index (χ3v) is 7.30. The van der Waals surface area contributed by atoms with Gasteiger partial charge in [0.15, 0.2) is 0 Å². The highest BCUT2D eigenvalue weighted by molar-refractivity contribution is 6.07. The van der Waals surface area contributed by atoms with Gasteiger partial charge in [0.05, 0.1) is 6.10 Å². The number of nitrogens with zero attached hydrogens (tertiary/aromatic N) is 2. The van der Waals surface area contributed by atoms with E-state index in [0.29, 0.717) is 24.0 Å². The lowest BCUT2D eigenvalue weighted by Crippen LogP contribution is -2.48. The zero-order valence-electron chi connectivity index (χ0n) is 19.0. The number of carbonyl (C=O) groups is 2. The van der Waals surface area contributed by atoms with Crippen LogP contribution < -0.4 is 0 Å². The summed E-state index contributed by atoms with van der Waals surface area (Å²) in [5.74, 6) is 2.13. The molecule has 0 aromatic heterocycles. The van der Waals surface area contributed by atoms with Gasteiger partial charge in [-0.1, -0.05) is 36.4 Å². The molecule has 1 heterocycles. The number of hydrogen-bond donors (Lipinski definition) is 1. The first-order valence-electron chi connectivity index (χ1n) is 11.6. The second-order valence-electron chi connectivity index (χ2n) is 9.68. The van der Waals surface area contributed by atoms with Crippen LogP contribution >= 0.6 is 0 Å². The summed E-state index contributed by atoms with van der Waals surface area (Å²) in [6, 6.07) is 14.7. The van der Waals surface area contributed by atoms with Crippen LogP contribution in [0.25, 0.3) is 10.8 Å². The van der Waals surface area contributed by atoms with Crippen LogP contribution in [0.3, 0.4) is 0 Å². The lowest BCUT2D eigenvalue weighted by Gasteiger charge is -2.41. The second kappa shape index (κ2) is 10.0. The maximum atomic E-state index is 13.4. The lowest BCUT2D eigenvalue weighted by molar-refractivity contribution is -0.122. The average molecular weight is 439 g/mol. The minimum Gasteiger partial charge on any atom is -0.483 e. The van der Waals surface area contributed by atoms with Gasteiger partial charge in [0, 0.05) is 31.3 Å². The summed E-state index contributed by atoms with van der Waals surface area (Å²) in [5.41, 5.74) is 0.840. The molecule has 1 N–H and O–H groups in total. The molecule has 1 saturated heterocycles. The predicted octanol–water partition coefficient (Wildman–Crippen LogP) is 3.75. The van der Waals surface area contributed by atoms with Crippen LogP contribution in [0, 0.1) is 17.8 Å². The standard InChI is InChI=1S/C25H32N2O2.CH2O2/c1-26(2)23-12-19-14-27(15-20(19)13-24(23)29-16-17-10-11-17)25(28)22-9-5-7-18-6-3-4-8-21(18)22;2-1-3/h3-9,17,19-20,23-24H,10-16H2,1-2H3;1H,(H,2,3)/t19-,20+,23-,24-;/m1./s1. The van der Waals surface area contributed by atoms with Crippen LogP contribution in [-0.4, -0.2) is 73.2 Å². The van der Waals surface area contributed by atoms with Crippen molar-refractivity contribution >= 4 is 23.2 Å². The minimum atomic E-state index is -0.250. The smallest absolute Gasteiger partial charge is 0.290 e. The van der Waals surface area contributed by atoms with E-state index in [1.807, 2.05) is 24.3 Å². The number of rotatable bonds is 5. The lowest BCUT2D eigenvalue weighted by atomic mass is 9.77.